The molecule has 0 aliphatic rings. The summed E-state index contributed by atoms with van der Waals surface area (Å²) < 4.78 is 1.07. The molecule has 0 saturated carbocycles. The third-order valence-electron chi connectivity index (χ3n) is 3.26. The average Bonchev–Trinajstić information content (AvgIpc) is 2.60. The van der Waals surface area contributed by atoms with Gasteiger partial charge in [-0.1, -0.05) is 30.4 Å². The van der Waals surface area contributed by atoms with Crippen LogP contribution in [0.2, 0.25) is 0 Å². The predicted molar refractivity (Wildman–Crippen MR) is 104 cm³/mol. The Balaban J connectivity index is 2.01. The Morgan fingerprint density at radius 1 is 1.20 bits per heavy atom. The van der Waals surface area contributed by atoms with Crippen molar-refractivity contribution in [1.29, 1.82) is 5.26 Å². The number of aromatic hydroxyl groups is 2. The predicted octanol–water partition coefficient (Wildman–Crippen LogP) is 3.48. The van der Waals surface area contributed by atoms with Crippen LogP contribution < -0.4 is 5.32 Å². The molecule has 0 spiro atoms. The first-order valence-electron chi connectivity index (χ1n) is 7.32. The molecule has 0 unspecified atom stereocenters. The number of benzene rings is 2. The Morgan fingerprint density at radius 3 is 2.68 bits per heavy atom. The second-order valence-corrected chi connectivity index (χ2v) is 6.36. The van der Waals surface area contributed by atoms with Crippen LogP contribution in [0.1, 0.15) is 11.1 Å². The molecule has 3 N–H and O–H groups in total. The number of carbonyl (C=O) groups excluding carboxylic acids is 1. The molecule has 1 amide bonds. The van der Waals surface area contributed by atoms with Gasteiger partial charge >= 0.3 is 0 Å². The lowest BCUT2D eigenvalue weighted by atomic mass is 10.1. The highest BCUT2D eigenvalue weighted by molar-refractivity contribution is 14.1. The molecule has 6 heteroatoms. The van der Waals surface area contributed by atoms with Gasteiger partial charge in [-0.2, -0.15) is 5.26 Å². The van der Waals surface area contributed by atoms with Gasteiger partial charge in [-0.05, 0) is 64.1 Å². The summed E-state index contributed by atoms with van der Waals surface area (Å²) in [5.41, 5.74) is 1.56. The SMILES string of the molecule is N#C/C(=C\C=C\c1ccc(O)c(O)c1)C(=O)NCc1cccc(I)c1. The molecule has 2 aromatic rings. The van der Waals surface area contributed by atoms with Crippen LogP contribution in [0, 0.1) is 14.9 Å². The molecule has 2 rings (SSSR count). The van der Waals surface area contributed by atoms with Gasteiger partial charge in [0.15, 0.2) is 11.5 Å². The maximum atomic E-state index is 12.1. The minimum Gasteiger partial charge on any atom is -0.504 e. The molecule has 0 radical (unpaired) electrons. The second kappa shape index (κ2) is 8.89. The van der Waals surface area contributed by atoms with Gasteiger partial charge < -0.3 is 15.5 Å². The molecule has 126 valence electrons. The number of rotatable bonds is 5. The zero-order chi connectivity index (χ0) is 18.2. The molecular weight excluding hydrogens is 431 g/mol. The van der Waals surface area contributed by atoms with E-state index in [1.165, 1.54) is 24.3 Å². The molecule has 0 heterocycles. The fraction of sp³-hybridized carbons (Fsp3) is 0.0526. The Kier molecular flexibility index (Phi) is 6.60. The quantitative estimate of drug-likeness (QED) is 0.216. The van der Waals surface area contributed by atoms with Crippen molar-refractivity contribution in [1.82, 2.24) is 5.32 Å². The van der Waals surface area contributed by atoms with Gasteiger partial charge in [-0.15, -0.1) is 0 Å². The summed E-state index contributed by atoms with van der Waals surface area (Å²) in [6.45, 7) is 0.338. The van der Waals surface area contributed by atoms with Gasteiger partial charge in [0, 0.05) is 10.1 Å². The summed E-state index contributed by atoms with van der Waals surface area (Å²) >= 11 is 2.19. The first-order chi connectivity index (χ1) is 12.0. The molecule has 25 heavy (non-hydrogen) atoms. The van der Waals surface area contributed by atoms with Crippen molar-refractivity contribution in [3.63, 3.8) is 0 Å². The fourth-order valence-corrected chi connectivity index (χ4v) is 2.60. The van der Waals surface area contributed by atoms with Crippen molar-refractivity contribution < 1.29 is 15.0 Å². The minimum atomic E-state index is -0.459. The number of nitrogens with zero attached hydrogens (tertiary/aromatic N) is 1. The lowest BCUT2D eigenvalue weighted by Crippen LogP contribution is -2.23. The maximum Gasteiger partial charge on any atom is 0.262 e. The van der Waals surface area contributed by atoms with Crippen LogP contribution in [0.15, 0.2) is 60.2 Å². The molecule has 0 aliphatic carbocycles. The third kappa shape index (κ3) is 5.65. The number of amides is 1. The largest absolute Gasteiger partial charge is 0.504 e. The van der Waals surface area contributed by atoms with Crippen molar-refractivity contribution in [2.45, 2.75) is 6.54 Å². The monoisotopic (exact) mass is 446 g/mol. The van der Waals surface area contributed by atoms with E-state index in [2.05, 4.69) is 27.9 Å². The van der Waals surface area contributed by atoms with E-state index in [1.54, 1.807) is 12.1 Å². The molecule has 5 nitrogen and oxygen atoms in total. The van der Waals surface area contributed by atoms with E-state index in [9.17, 15) is 15.0 Å². The Hall–Kier alpha value is -2.79. The number of nitrogens with one attached hydrogen (secondary N) is 1. The minimum absolute atomic E-state index is 0.0233. The topological polar surface area (TPSA) is 93.3 Å². The van der Waals surface area contributed by atoms with Crippen LogP contribution in [0.3, 0.4) is 0 Å². The van der Waals surface area contributed by atoms with Crippen LogP contribution >= 0.6 is 22.6 Å². The zero-order valence-electron chi connectivity index (χ0n) is 13.1. The molecule has 0 aromatic heterocycles. The number of hydrogen-bond acceptors (Lipinski definition) is 4. The first-order valence-corrected chi connectivity index (χ1v) is 8.40. The number of nitriles is 1. The Morgan fingerprint density at radius 2 is 2.00 bits per heavy atom. The van der Waals surface area contributed by atoms with E-state index < -0.39 is 5.91 Å². The van der Waals surface area contributed by atoms with Gasteiger partial charge in [-0.25, -0.2) is 0 Å². The van der Waals surface area contributed by atoms with E-state index in [0.717, 1.165) is 9.13 Å². The third-order valence-corrected chi connectivity index (χ3v) is 3.93. The van der Waals surface area contributed by atoms with Crippen molar-refractivity contribution >= 4 is 34.6 Å². The van der Waals surface area contributed by atoms with Crippen LogP contribution in [-0.2, 0) is 11.3 Å². The van der Waals surface area contributed by atoms with Crippen LogP contribution in [0.5, 0.6) is 11.5 Å². The zero-order valence-corrected chi connectivity index (χ0v) is 15.3. The molecule has 2 aromatic carbocycles. The van der Waals surface area contributed by atoms with E-state index in [1.807, 2.05) is 30.3 Å². The van der Waals surface area contributed by atoms with Crippen LogP contribution in [0.4, 0.5) is 0 Å². The summed E-state index contributed by atoms with van der Waals surface area (Å²) in [4.78, 5) is 12.1. The van der Waals surface area contributed by atoms with Crippen LogP contribution in [-0.4, -0.2) is 16.1 Å². The number of phenols is 2. The fourth-order valence-electron chi connectivity index (χ4n) is 1.99. The van der Waals surface area contributed by atoms with Gasteiger partial charge in [0.25, 0.3) is 5.91 Å². The summed E-state index contributed by atoms with van der Waals surface area (Å²) in [6, 6.07) is 13.9. The molecule has 0 fully saturated rings. The van der Waals surface area contributed by atoms with Gasteiger partial charge in [0.1, 0.15) is 11.6 Å². The number of hydrogen-bond donors (Lipinski definition) is 3. The Labute approximate surface area is 159 Å². The number of halogens is 1. The second-order valence-electron chi connectivity index (χ2n) is 5.11. The van der Waals surface area contributed by atoms with Crippen molar-refractivity contribution in [2.75, 3.05) is 0 Å². The van der Waals surface area contributed by atoms with E-state index >= 15 is 0 Å². The molecule has 0 aliphatic heterocycles. The van der Waals surface area contributed by atoms with Gasteiger partial charge in [-0.3, -0.25) is 4.79 Å². The standard InChI is InChI=1S/C19H15IN2O3/c20-16-6-2-4-14(9-16)12-22-19(25)15(11-21)5-1-3-13-7-8-17(23)18(24)10-13/h1-10,23-24H,12H2,(H,22,25)/b3-1+,15-5+. The summed E-state index contributed by atoms with van der Waals surface area (Å²) in [7, 11) is 0. The molecular formula is C19H15IN2O3. The molecule has 0 atom stereocenters. The highest BCUT2D eigenvalue weighted by atomic mass is 127. The highest BCUT2D eigenvalue weighted by Gasteiger charge is 2.07. The van der Waals surface area contributed by atoms with Crippen molar-refractivity contribution in [3.8, 4) is 17.6 Å². The number of phenolic OH excluding ortho intramolecular Hbond substituents is 2. The number of carbonyl (C=O) groups is 1. The van der Waals surface area contributed by atoms with Crippen molar-refractivity contribution in [3.05, 3.63) is 74.9 Å². The maximum absolute atomic E-state index is 12.1. The van der Waals surface area contributed by atoms with E-state index in [4.69, 9.17) is 5.26 Å². The van der Waals surface area contributed by atoms with E-state index in [0.29, 0.717) is 12.1 Å². The summed E-state index contributed by atoms with van der Waals surface area (Å²) in [6.07, 6.45) is 4.55. The van der Waals surface area contributed by atoms with Gasteiger partial charge in [0.05, 0.1) is 0 Å². The lowest BCUT2D eigenvalue weighted by molar-refractivity contribution is -0.117. The number of allylic oxidation sites excluding steroid dienone is 2. The summed E-state index contributed by atoms with van der Waals surface area (Å²) in [5.74, 6) is -0.901. The normalized spacial score (nSPS) is 11.3. The highest BCUT2D eigenvalue weighted by Crippen LogP contribution is 2.25. The van der Waals surface area contributed by atoms with Crippen molar-refractivity contribution in [2.24, 2.45) is 0 Å². The lowest BCUT2D eigenvalue weighted by Gasteiger charge is -2.04. The smallest absolute Gasteiger partial charge is 0.262 e. The van der Waals surface area contributed by atoms with E-state index in [-0.39, 0.29) is 17.1 Å². The molecule has 0 saturated heterocycles. The average molecular weight is 446 g/mol. The molecule has 0 bridgehead atoms. The van der Waals surface area contributed by atoms with Crippen LogP contribution in [0.25, 0.3) is 6.08 Å². The first kappa shape index (κ1) is 18.5. The Bertz CT molecular complexity index is 882. The van der Waals surface area contributed by atoms with Gasteiger partial charge in [0.2, 0.25) is 0 Å². The summed E-state index contributed by atoms with van der Waals surface area (Å²) in [5, 5.41) is 30.5.